The van der Waals surface area contributed by atoms with Crippen molar-refractivity contribution in [2.24, 2.45) is 0 Å². The molecule has 1 aliphatic rings. The molecule has 8 heteroatoms. The van der Waals surface area contributed by atoms with Gasteiger partial charge in [-0.25, -0.2) is 13.4 Å². The predicted octanol–water partition coefficient (Wildman–Crippen LogP) is 2.87. The third kappa shape index (κ3) is 3.53. The monoisotopic (exact) mass is 350 g/mol. The molecular weight excluding hydrogens is 328 g/mol. The summed E-state index contributed by atoms with van der Waals surface area (Å²) in [5, 5.41) is 3.69. The van der Waals surface area contributed by atoms with Crippen molar-refractivity contribution in [3.05, 3.63) is 29.8 Å². The summed E-state index contributed by atoms with van der Waals surface area (Å²) in [7, 11) is -3.76. The van der Waals surface area contributed by atoms with Crippen molar-refractivity contribution in [3.63, 3.8) is 0 Å². The first-order valence-electron chi connectivity index (χ1n) is 8.14. The first kappa shape index (κ1) is 16.8. The topological polar surface area (TPSA) is 88.3 Å². The molecule has 0 aliphatic carbocycles. The maximum absolute atomic E-state index is 12.5. The van der Waals surface area contributed by atoms with Crippen molar-refractivity contribution in [1.29, 1.82) is 0 Å². The van der Waals surface area contributed by atoms with Gasteiger partial charge in [0.25, 0.3) is 10.0 Å². The molecule has 7 nitrogen and oxygen atoms in total. The summed E-state index contributed by atoms with van der Waals surface area (Å²) in [6.45, 7) is 5.21. The van der Waals surface area contributed by atoms with Crippen LogP contribution in [0.15, 0.2) is 27.7 Å². The summed E-state index contributed by atoms with van der Waals surface area (Å²) in [4.78, 5) is 6.62. The van der Waals surface area contributed by atoms with Crippen molar-refractivity contribution >= 4 is 21.5 Å². The fourth-order valence-electron chi connectivity index (χ4n) is 3.01. The number of aromatic nitrogens is 2. The number of hydrogen-bond acceptors (Lipinski definition) is 6. The maximum atomic E-state index is 12.5. The van der Waals surface area contributed by atoms with Crippen LogP contribution in [0.4, 0.5) is 11.5 Å². The first-order valence-corrected chi connectivity index (χ1v) is 9.62. The van der Waals surface area contributed by atoms with Crippen LogP contribution in [0.2, 0.25) is 0 Å². The van der Waals surface area contributed by atoms with Crippen molar-refractivity contribution in [2.45, 2.75) is 44.4 Å². The van der Waals surface area contributed by atoms with E-state index in [4.69, 9.17) is 4.52 Å². The minimum absolute atomic E-state index is 0.0703. The van der Waals surface area contributed by atoms with E-state index >= 15 is 0 Å². The van der Waals surface area contributed by atoms with Gasteiger partial charge in [-0.05, 0) is 38.8 Å². The van der Waals surface area contributed by atoms with Gasteiger partial charge in [-0.1, -0.05) is 18.0 Å². The predicted molar refractivity (Wildman–Crippen MR) is 91.7 cm³/mol. The molecule has 1 N–H and O–H groups in total. The van der Waals surface area contributed by atoms with Gasteiger partial charge in [-0.3, -0.25) is 4.72 Å². The molecule has 0 radical (unpaired) electrons. The molecule has 1 fully saturated rings. The van der Waals surface area contributed by atoms with Crippen LogP contribution >= 0.6 is 0 Å². The zero-order chi connectivity index (χ0) is 17.2. The Bertz CT molecular complexity index is 772. The lowest BCUT2D eigenvalue weighted by Crippen LogP contribution is -2.24. The van der Waals surface area contributed by atoms with E-state index in [0.717, 1.165) is 18.8 Å². The molecular formula is C16H22N4O3S. The second-order valence-corrected chi connectivity index (χ2v) is 7.68. The maximum Gasteiger partial charge on any atom is 0.268 e. The highest BCUT2D eigenvalue weighted by atomic mass is 32.2. The number of nitrogens with one attached hydrogen (secondary N) is 1. The van der Waals surface area contributed by atoms with Crippen LogP contribution in [-0.2, 0) is 10.0 Å². The third-order valence-corrected chi connectivity index (χ3v) is 5.79. The van der Waals surface area contributed by atoms with Crippen molar-refractivity contribution in [3.8, 4) is 0 Å². The molecule has 1 saturated heterocycles. The van der Waals surface area contributed by atoms with Gasteiger partial charge in [0.15, 0.2) is 10.7 Å². The zero-order valence-corrected chi connectivity index (χ0v) is 14.8. The van der Waals surface area contributed by atoms with Gasteiger partial charge in [0.2, 0.25) is 0 Å². The SMILES string of the molecule is Cc1noc(C)c1S(=O)(=O)Nc1ccc(N2CCCCCC2)cn1. The van der Waals surface area contributed by atoms with Crippen LogP contribution in [0.3, 0.4) is 0 Å². The lowest BCUT2D eigenvalue weighted by Gasteiger charge is -2.22. The second-order valence-electron chi connectivity index (χ2n) is 6.06. The molecule has 0 amide bonds. The number of nitrogens with zero attached hydrogens (tertiary/aromatic N) is 3. The van der Waals surface area contributed by atoms with E-state index in [1.807, 2.05) is 6.07 Å². The van der Waals surface area contributed by atoms with Gasteiger partial charge in [0, 0.05) is 13.1 Å². The molecule has 3 rings (SSSR count). The summed E-state index contributed by atoms with van der Waals surface area (Å²) in [5.74, 6) is 0.551. The molecule has 0 aromatic carbocycles. The van der Waals surface area contributed by atoms with Gasteiger partial charge in [0.1, 0.15) is 11.5 Å². The minimum Gasteiger partial charge on any atom is -0.370 e. The molecule has 0 spiro atoms. The number of hydrogen-bond donors (Lipinski definition) is 1. The van der Waals surface area contributed by atoms with E-state index in [9.17, 15) is 8.42 Å². The smallest absolute Gasteiger partial charge is 0.268 e. The Morgan fingerprint density at radius 1 is 1.12 bits per heavy atom. The summed E-state index contributed by atoms with van der Waals surface area (Å²) in [5.41, 5.74) is 1.36. The number of sulfonamides is 1. The van der Waals surface area contributed by atoms with Crippen molar-refractivity contribution in [2.75, 3.05) is 22.7 Å². The summed E-state index contributed by atoms with van der Waals surface area (Å²) in [6.07, 6.45) is 6.61. The van der Waals surface area contributed by atoms with Gasteiger partial charge >= 0.3 is 0 Å². The van der Waals surface area contributed by atoms with Gasteiger partial charge in [-0.15, -0.1) is 0 Å². The highest BCUT2D eigenvalue weighted by Crippen LogP contribution is 2.23. The summed E-state index contributed by atoms with van der Waals surface area (Å²) in [6, 6.07) is 3.60. The van der Waals surface area contributed by atoms with Crippen molar-refractivity contribution < 1.29 is 12.9 Å². The number of aryl methyl sites for hydroxylation is 2. The van der Waals surface area contributed by atoms with Gasteiger partial charge in [0.05, 0.1) is 11.9 Å². The van der Waals surface area contributed by atoms with E-state index in [1.54, 1.807) is 26.1 Å². The number of rotatable bonds is 4. The zero-order valence-electron chi connectivity index (χ0n) is 13.9. The second kappa shape index (κ2) is 6.80. The number of pyridine rings is 1. The van der Waals surface area contributed by atoms with E-state index in [1.165, 1.54) is 25.7 Å². The summed E-state index contributed by atoms with van der Waals surface area (Å²) >= 11 is 0. The van der Waals surface area contributed by atoms with E-state index in [0.29, 0.717) is 5.69 Å². The third-order valence-electron chi connectivity index (χ3n) is 4.19. The molecule has 24 heavy (non-hydrogen) atoms. The molecule has 0 unspecified atom stereocenters. The molecule has 2 aromatic heterocycles. The lowest BCUT2D eigenvalue weighted by molar-refractivity contribution is 0.390. The molecule has 2 aromatic rings. The van der Waals surface area contributed by atoms with Crippen LogP contribution in [0, 0.1) is 13.8 Å². The quantitative estimate of drug-likeness (QED) is 0.912. The molecule has 3 heterocycles. The van der Waals surface area contributed by atoms with E-state index in [-0.39, 0.29) is 16.5 Å². The Balaban J connectivity index is 1.76. The Hall–Kier alpha value is -2.09. The fourth-order valence-corrected chi connectivity index (χ4v) is 4.35. The number of anilines is 2. The Morgan fingerprint density at radius 2 is 1.83 bits per heavy atom. The van der Waals surface area contributed by atoms with Crippen LogP contribution in [0.5, 0.6) is 0 Å². The Morgan fingerprint density at radius 3 is 2.38 bits per heavy atom. The van der Waals surface area contributed by atoms with Crippen molar-refractivity contribution in [1.82, 2.24) is 10.1 Å². The van der Waals surface area contributed by atoms with Gasteiger partial charge < -0.3 is 9.42 Å². The molecule has 130 valence electrons. The molecule has 0 atom stereocenters. The fraction of sp³-hybridized carbons (Fsp3) is 0.500. The van der Waals surface area contributed by atoms with E-state index < -0.39 is 10.0 Å². The van der Waals surface area contributed by atoms with Crippen LogP contribution < -0.4 is 9.62 Å². The highest BCUT2D eigenvalue weighted by Gasteiger charge is 2.24. The average molecular weight is 350 g/mol. The Kier molecular flexibility index (Phi) is 4.75. The van der Waals surface area contributed by atoms with E-state index in [2.05, 4.69) is 19.8 Å². The lowest BCUT2D eigenvalue weighted by atomic mass is 10.2. The normalized spacial score (nSPS) is 16.0. The highest BCUT2D eigenvalue weighted by molar-refractivity contribution is 7.92. The molecule has 1 aliphatic heterocycles. The Labute approximate surface area is 142 Å². The van der Waals surface area contributed by atoms with Crippen LogP contribution in [0.25, 0.3) is 0 Å². The van der Waals surface area contributed by atoms with Gasteiger partial charge in [-0.2, -0.15) is 0 Å². The van der Waals surface area contributed by atoms with Crippen LogP contribution in [-0.4, -0.2) is 31.6 Å². The molecule has 0 bridgehead atoms. The van der Waals surface area contributed by atoms with Crippen LogP contribution in [0.1, 0.15) is 37.1 Å². The average Bonchev–Trinajstić information content (AvgIpc) is 2.76. The first-order chi connectivity index (χ1) is 11.5. The largest absolute Gasteiger partial charge is 0.370 e. The summed E-state index contributed by atoms with van der Waals surface area (Å²) < 4.78 is 32.4. The molecule has 0 saturated carbocycles. The standard InChI is InChI=1S/C16H22N4O3S/c1-12-16(13(2)23-18-12)24(21,22)19-15-8-7-14(11-17-15)20-9-5-3-4-6-10-20/h7-8,11H,3-6,9-10H2,1-2H3,(H,17,19). The minimum atomic E-state index is -3.76.